The molecule has 0 heterocycles. The van der Waals surface area contributed by atoms with E-state index in [4.69, 9.17) is 5.26 Å². The maximum absolute atomic E-state index is 10.3. The lowest BCUT2D eigenvalue weighted by atomic mass is 10.4. The van der Waals surface area contributed by atoms with Crippen molar-refractivity contribution in [2.75, 3.05) is 6.61 Å². The van der Waals surface area contributed by atoms with E-state index < -0.39 is 5.97 Å². The molecule has 10 heavy (non-hydrogen) atoms. The third-order valence-corrected chi connectivity index (χ3v) is 0.713. The summed E-state index contributed by atoms with van der Waals surface area (Å²) in [4.78, 5) is 10.3. The van der Waals surface area contributed by atoms with Crippen LogP contribution >= 0.6 is 0 Å². The van der Waals surface area contributed by atoms with Crippen molar-refractivity contribution in [3.8, 4) is 6.07 Å². The van der Waals surface area contributed by atoms with Crippen LogP contribution in [0.15, 0.2) is 24.8 Å². The summed E-state index contributed by atoms with van der Waals surface area (Å²) in [6.07, 6.45) is 1.03. The van der Waals surface area contributed by atoms with Gasteiger partial charge in [-0.05, 0) is 0 Å². The molecule has 0 amide bonds. The lowest BCUT2D eigenvalue weighted by molar-refractivity contribution is -0.136. The zero-order valence-electron chi connectivity index (χ0n) is 5.46. The highest BCUT2D eigenvalue weighted by Gasteiger charge is 1.95. The van der Waals surface area contributed by atoms with Crippen LogP contribution < -0.4 is 0 Å². The minimum Gasteiger partial charge on any atom is -0.457 e. The van der Waals surface area contributed by atoms with Crippen LogP contribution in [0, 0.1) is 11.3 Å². The Morgan fingerprint density at radius 1 is 1.80 bits per heavy atom. The Hall–Kier alpha value is -1.56. The zero-order chi connectivity index (χ0) is 7.98. The van der Waals surface area contributed by atoms with Crippen LogP contribution in [0.3, 0.4) is 0 Å². The van der Waals surface area contributed by atoms with Crippen LogP contribution in [0.2, 0.25) is 0 Å². The maximum Gasteiger partial charge on any atom is 0.330 e. The van der Waals surface area contributed by atoms with Gasteiger partial charge in [0, 0.05) is 6.08 Å². The van der Waals surface area contributed by atoms with Gasteiger partial charge in [-0.3, -0.25) is 0 Å². The molecule has 0 fully saturated rings. The summed E-state index contributed by atoms with van der Waals surface area (Å²) < 4.78 is 4.46. The van der Waals surface area contributed by atoms with Gasteiger partial charge in [-0.25, -0.2) is 4.79 Å². The molecule has 0 aromatic heterocycles. The Morgan fingerprint density at radius 3 is 2.80 bits per heavy atom. The highest BCUT2D eigenvalue weighted by Crippen LogP contribution is 1.88. The topological polar surface area (TPSA) is 50.1 Å². The van der Waals surface area contributed by atoms with Gasteiger partial charge >= 0.3 is 5.97 Å². The number of ether oxygens (including phenoxy) is 1. The molecule has 0 saturated carbocycles. The number of nitrogens with zero attached hydrogens (tertiary/aromatic N) is 1. The first kappa shape index (κ1) is 8.44. The molecule has 0 spiro atoms. The van der Waals surface area contributed by atoms with E-state index in [9.17, 15) is 4.79 Å². The molecule has 3 nitrogen and oxygen atoms in total. The molecule has 0 aliphatic heterocycles. The second-order valence-corrected chi connectivity index (χ2v) is 1.53. The smallest absolute Gasteiger partial charge is 0.330 e. The number of esters is 1. The first-order valence-corrected chi connectivity index (χ1v) is 2.57. The first-order chi connectivity index (χ1) is 4.70. The van der Waals surface area contributed by atoms with Crippen LogP contribution in [-0.4, -0.2) is 12.6 Å². The standard InChI is InChI=1S/C7H7NO2/c1-3-7(9)10-5-6(2)4-8/h3H,1-2,5H2. The van der Waals surface area contributed by atoms with Crippen LogP contribution in [-0.2, 0) is 9.53 Å². The largest absolute Gasteiger partial charge is 0.457 e. The van der Waals surface area contributed by atoms with Gasteiger partial charge in [-0.2, -0.15) is 5.26 Å². The summed E-state index contributed by atoms with van der Waals surface area (Å²) >= 11 is 0. The van der Waals surface area contributed by atoms with Crippen molar-refractivity contribution >= 4 is 5.97 Å². The van der Waals surface area contributed by atoms with Gasteiger partial charge in [-0.15, -0.1) is 0 Å². The minimum absolute atomic E-state index is 0.0542. The van der Waals surface area contributed by atoms with E-state index in [0.717, 1.165) is 6.08 Å². The Balaban J connectivity index is 3.57. The number of hydrogen-bond acceptors (Lipinski definition) is 3. The molecular weight excluding hydrogens is 130 g/mol. The fraction of sp³-hybridized carbons (Fsp3) is 0.143. The summed E-state index contributed by atoms with van der Waals surface area (Å²) in [6.45, 7) is 6.43. The van der Waals surface area contributed by atoms with Gasteiger partial charge < -0.3 is 4.74 Å². The average molecular weight is 137 g/mol. The minimum atomic E-state index is -0.545. The molecule has 0 radical (unpaired) electrons. The van der Waals surface area contributed by atoms with Crippen molar-refractivity contribution < 1.29 is 9.53 Å². The fourth-order valence-corrected chi connectivity index (χ4v) is 0.249. The predicted molar refractivity (Wildman–Crippen MR) is 35.9 cm³/mol. The van der Waals surface area contributed by atoms with Crippen molar-refractivity contribution in [2.24, 2.45) is 0 Å². The average Bonchev–Trinajstić information content (AvgIpc) is 1.99. The van der Waals surface area contributed by atoms with E-state index in [0.29, 0.717) is 0 Å². The number of hydrogen-bond donors (Lipinski definition) is 0. The molecule has 0 bridgehead atoms. The van der Waals surface area contributed by atoms with Gasteiger partial charge in [0.15, 0.2) is 0 Å². The molecule has 0 aromatic carbocycles. The molecule has 0 atom stereocenters. The van der Waals surface area contributed by atoms with Crippen molar-refractivity contribution in [3.05, 3.63) is 24.8 Å². The molecule has 0 unspecified atom stereocenters. The SMILES string of the molecule is C=CC(=O)OCC(=C)C#N. The van der Waals surface area contributed by atoms with Gasteiger partial charge in [0.25, 0.3) is 0 Å². The zero-order valence-corrected chi connectivity index (χ0v) is 5.46. The molecule has 0 aliphatic rings. The Morgan fingerprint density at radius 2 is 2.40 bits per heavy atom. The van der Waals surface area contributed by atoms with Crippen molar-refractivity contribution in [1.29, 1.82) is 5.26 Å². The van der Waals surface area contributed by atoms with Crippen LogP contribution in [0.4, 0.5) is 0 Å². The summed E-state index contributed by atoms with van der Waals surface area (Å²) in [6, 6.07) is 1.74. The Labute approximate surface area is 59.2 Å². The molecule has 52 valence electrons. The van der Waals surface area contributed by atoms with Crippen molar-refractivity contribution in [3.63, 3.8) is 0 Å². The van der Waals surface area contributed by atoms with Crippen LogP contribution in [0.1, 0.15) is 0 Å². The van der Waals surface area contributed by atoms with Crippen LogP contribution in [0.5, 0.6) is 0 Å². The number of carbonyl (C=O) groups is 1. The van der Waals surface area contributed by atoms with E-state index in [1.165, 1.54) is 0 Å². The van der Waals surface area contributed by atoms with E-state index in [1.807, 2.05) is 0 Å². The lowest BCUT2D eigenvalue weighted by Gasteiger charge is -1.96. The monoisotopic (exact) mass is 137 g/mol. The maximum atomic E-state index is 10.3. The van der Waals surface area contributed by atoms with E-state index >= 15 is 0 Å². The lowest BCUT2D eigenvalue weighted by Crippen LogP contribution is -2.02. The van der Waals surface area contributed by atoms with Crippen molar-refractivity contribution in [1.82, 2.24) is 0 Å². The second kappa shape index (κ2) is 4.33. The first-order valence-electron chi connectivity index (χ1n) is 2.57. The normalized spacial score (nSPS) is 7.50. The number of rotatable bonds is 3. The summed E-state index contributed by atoms with van der Waals surface area (Å²) in [5, 5.41) is 8.15. The van der Waals surface area contributed by atoms with Gasteiger partial charge in [0.05, 0.1) is 11.6 Å². The highest BCUT2D eigenvalue weighted by molar-refractivity contribution is 5.81. The fourth-order valence-electron chi connectivity index (χ4n) is 0.249. The Bertz CT molecular complexity index is 200. The number of nitriles is 1. The highest BCUT2D eigenvalue weighted by atomic mass is 16.5. The van der Waals surface area contributed by atoms with Crippen molar-refractivity contribution in [2.45, 2.75) is 0 Å². The summed E-state index contributed by atoms with van der Waals surface area (Å²) in [5.74, 6) is -0.545. The number of carbonyl (C=O) groups excluding carboxylic acids is 1. The molecule has 3 heteroatoms. The van der Waals surface area contributed by atoms with Gasteiger partial charge in [0.1, 0.15) is 6.61 Å². The third-order valence-electron chi connectivity index (χ3n) is 0.713. The van der Waals surface area contributed by atoms with E-state index in [-0.39, 0.29) is 12.2 Å². The quantitative estimate of drug-likeness (QED) is 0.328. The second-order valence-electron chi connectivity index (χ2n) is 1.53. The molecule has 0 saturated heterocycles. The predicted octanol–water partition coefficient (Wildman–Crippen LogP) is 0.795. The molecular formula is C7H7NO2. The van der Waals surface area contributed by atoms with Crippen LogP contribution in [0.25, 0.3) is 0 Å². The Kier molecular flexibility index (Phi) is 3.66. The summed E-state index contributed by atoms with van der Waals surface area (Å²) in [5.41, 5.74) is 0.218. The molecule has 0 aliphatic carbocycles. The van der Waals surface area contributed by atoms with E-state index in [2.05, 4.69) is 17.9 Å². The molecule has 0 N–H and O–H groups in total. The van der Waals surface area contributed by atoms with Gasteiger partial charge in [0.2, 0.25) is 0 Å². The van der Waals surface area contributed by atoms with Gasteiger partial charge in [-0.1, -0.05) is 13.2 Å². The summed E-state index contributed by atoms with van der Waals surface area (Å²) in [7, 11) is 0. The van der Waals surface area contributed by atoms with E-state index in [1.54, 1.807) is 6.07 Å². The third kappa shape index (κ3) is 3.44. The molecule has 0 rings (SSSR count). The molecule has 0 aromatic rings.